The van der Waals surface area contributed by atoms with E-state index in [-0.39, 0.29) is 0 Å². The van der Waals surface area contributed by atoms with Gasteiger partial charge in [-0.25, -0.2) is 4.98 Å². The first-order valence-corrected chi connectivity index (χ1v) is 6.27. The van der Waals surface area contributed by atoms with E-state index >= 15 is 0 Å². The Labute approximate surface area is 96.6 Å². The van der Waals surface area contributed by atoms with E-state index in [0.717, 1.165) is 11.3 Å². The molecule has 2 aromatic heterocycles. The van der Waals surface area contributed by atoms with E-state index in [1.165, 1.54) is 4.21 Å². The highest BCUT2D eigenvalue weighted by Crippen LogP contribution is 2.27. The zero-order valence-electron chi connectivity index (χ0n) is 7.88. The molecule has 0 fully saturated rings. The summed E-state index contributed by atoms with van der Waals surface area (Å²) >= 11 is 3.45. The fraction of sp³-hybridized carbons (Fsp3) is 0.0909. The minimum Gasteiger partial charge on any atom is -0.245 e. The number of nitrogens with zero attached hydrogens (tertiary/aromatic N) is 2. The second kappa shape index (κ2) is 4.96. The van der Waals surface area contributed by atoms with Gasteiger partial charge in [-0.05, 0) is 23.1 Å². The van der Waals surface area contributed by atoms with Crippen LogP contribution in [0, 0.1) is 11.3 Å². The quantitative estimate of drug-likeness (QED) is 0.762. The number of pyridine rings is 1. The third kappa shape index (κ3) is 2.58. The number of hydrogen-bond acceptors (Lipinski definition) is 4. The van der Waals surface area contributed by atoms with Crippen molar-refractivity contribution in [1.29, 1.82) is 5.26 Å². The molecule has 0 aromatic carbocycles. The van der Waals surface area contributed by atoms with Gasteiger partial charge in [0.1, 0.15) is 11.8 Å². The van der Waals surface area contributed by atoms with Gasteiger partial charge >= 0.3 is 0 Å². The van der Waals surface area contributed by atoms with Crippen molar-refractivity contribution in [3.05, 3.63) is 47.1 Å². The van der Waals surface area contributed by atoms with Crippen LogP contribution >= 0.6 is 23.1 Å². The Balaban J connectivity index is 2.08. The van der Waals surface area contributed by atoms with Crippen LogP contribution in [-0.2, 0) is 5.75 Å². The first-order valence-electron chi connectivity index (χ1n) is 4.40. The third-order valence-corrected chi connectivity index (χ3v) is 4.04. The molecule has 0 aliphatic rings. The zero-order chi connectivity index (χ0) is 10.5. The topological polar surface area (TPSA) is 36.7 Å². The van der Waals surface area contributed by atoms with Crippen molar-refractivity contribution >= 4 is 23.1 Å². The van der Waals surface area contributed by atoms with Crippen molar-refractivity contribution < 1.29 is 0 Å². The molecule has 0 amide bonds. The van der Waals surface area contributed by atoms with Crippen LogP contribution in [0.1, 0.15) is 11.3 Å². The smallest absolute Gasteiger partial charge is 0.144 e. The average molecular weight is 232 g/mol. The van der Waals surface area contributed by atoms with Crippen LogP contribution in [-0.4, -0.2) is 4.98 Å². The summed E-state index contributed by atoms with van der Waals surface area (Å²) in [4.78, 5) is 4.03. The average Bonchev–Trinajstić information content (AvgIpc) is 2.79. The van der Waals surface area contributed by atoms with E-state index in [1.54, 1.807) is 29.3 Å². The van der Waals surface area contributed by atoms with Crippen LogP contribution in [0.15, 0.2) is 40.1 Å². The molecule has 0 aliphatic heterocycles. The Morgan fingerprint density at radius 3 is 3.07 bits per heavy atom. The highest BCUT2D eigenvalue weighted by molar-refractivity contribution is 8.00. The summed E-state index contributed by atoms with van der Waals surface area (Å²) in [5, 5.41) is 10.9. The van der Waals surface area contributed by atoms with Gasteiger partial charge in [0.15, 0.2) is 0 Å². The summed E-state index contributed by atoms with van der Waals surface area (Å²) in [6, 6.07) is 10.0. The molecule has 0 unspecified atom stereocenters. The molecular weight excluding hydrogens is 224 g/mol. The summed E-state index contributed by atoms with van der Waals surface area (Å²) in [5.74, 6) is 0.803. The monoisotopic (exact) mass is 232 g/mol. The molecule has 0 spiro atoms. The highest BCUT2D eigenvalue weighted by Gasteiger charge is 2.03. The lowest BCUT2D eigenvalue weighted by Crippen LogP contribution is -1.89. The summed E-state index contributed by atoms with van der Waals surface area (Å²) in [5.41, 5.74) is 1.53. The van der Waals surface area contributed by atoms with E-state index in [4.69, 9.17) is 5.26 Å². The second-order valence-corrected chi connectivity index (χ2v) is 5.07. The maximum atomic E-state index is 8.86. The lowest BCUT2D eigenvalue weighted by Gasteiger charge is -2.00. The van der Waals surface area contributed by atoms with Crippen LogP contribution in [0.2, 0.25) is 0 Å². The Bertz CT molecular complexity index is 472. The van der Waals surface area contributed by atoms with Crippen molar-refractivity contribution in [2.45, 2.75) is 9.96 Å². The van der Waals surface area contributed by atoms with Gasteiger partial charge in [0.05, 0.1) is 4.21 Å². The number of thioether (sulfide) groups is 1. The first kappa shape index (κ1) is 10.2. The van der Waals surface area contributed by atoms with Gasteiger partial charge in [-0.1, -0.05) is 12.1 Å². The predicted molar refractivity (Wildman–Crippen MR) is 62.8 cm³/mol. The molecular formula is C11H8N2S2. The molecule has 0 atom stereocenters. The van der Waals surface area contributed by atoms with Crippen molar-refractivity contribution in [1.82, 2.24) is 4.98 Å². The minimum atomic E-state index is 0.529. The Hall–Kier alpha value is -1.31. The molecule has 2 heterocycles. The number of aromatic nitrogens is 1. The Kier molecular flexibility index (Phi) is 3.38. The van der Waals surface area contributed by atoms with Gasteiger partial charge in [-0.15, -0.1) is 23.1 Å². The number of rotatable bonds is 3. The molecule has 0 aliphatic carbocycles. The molecule has 2 aromatic rings. The summed E-state index contributed by atoms with van der Waals surface area (Å²) < 4.78 is 1.27. The van der Waals surface area contributed by atoms with E-state index in [0.29, 0.717) is 5.69 Å². The third-order valence-electron chi connectivity index (χ3n) is 1.86. The maximum absolute atomic E-state index is 8.86. The molecule has 2 nitrogen and oxygen atoms in total. The van der Waals surface area contributed by atoms with Crippen LogP contribution in [0.25, 0.3) is 0 Å². The maximum Gasteiger partial charge on any atom is 0.144 e. The lowest BCUT2D eigenvalue weighted by molar-refractivity contribution is 1.20. The number of nitriles is 1. The van der Waals surface area contributed by atoms with Crippen molar-refractivity contribution in [2.24, 2.45) is 0 Å². The van der Waals surface area contributed by atoms with Crippen LogP contribution in [0.5, 0.6) is 0 Å². The molecule has 0 N–H and O–H groups in total. The van der Waals surface area contributed by atoms with Gasteiger partial charge in [-0.3, -0.25) is 0 Å². The molecule has 0 radical (unpaired) electrons. The van der Waals surface area contributed by atoms with E-state index in [2.05, 4.69) is 22.5 Å². The fourth-order valence-electron chi connectivity index (χ4n) is 1.15. The number of hydrogen-bond donors (Lipinski definition) is 0. The van der Waals surface area contributed by atoms with Crippen molar-refractivity contribution in [3.63, 3.8) is 0 Å². The number of thiophene rings is 1. The lowest BCUT2D eigenvalue weighted by atomic mass is 10.2. The van der Waals surface area contributed by atoms with Gasteiger partial charge < -0.3 is 0 Å². The Morgan fingerprint density at radius 2 is 2.33 bits per heavy atom. The zero-order valence-corrected chi connectivity index (χ0v) is 9.52. The molecule has 4 heteroatoms. The van der Waals surface area contributed by atoms with Crippen LogP contribution in [0.3, 0.4) is 0 Å². The Morgan fingerprint density at radius 1 is 1.40 bits per heavy atom. The molecule has 2 rings (SSSR count). The highest BCUT2D eigenvalue weighted by atomic mass is 32.2. The SMILES string of the molecule is N#Cc1ncccc1CSc1cccs1. The van der Waals surface area contributed by atoms with Crippen LogP contribution < -0.4 is 0 Å². The molecule has 74 valence electrons. The summed E-state index contributed by atoms with van der Waals surface area (Å²) in [6.45, 7) is 0. The normalized spacial score (nSPS) is 9.80. The van der Waals surface area contributed by atoms with Crippen LogP contribution in [0.4, 0.5) is 0 Å². The van der Waals surface area contributed by atoms with Crippen molar-refractivity contribution in [2.75, 3.05) is 0 Å². The first-order chi connectivity index (χ1) is 7.40. The van der Waals surface area contributed by atoms with Crippen molar-refractivity contribution in [3.8, 4) is 6.07 Å². The molecule has 0 saturated heterocycles. The predicted octanol–water partition coefficient (Wildman–Crippen LogP) is 3.31. The standard InChI is InChI=1S/C11H8N2S2/c12-7-10-9(3-1-5-13-10)8-15-11-4-2-6-14-11/h1-6H,8H2. The second-order valence-electron chi connectivity index (χ2n) is 2.84. The largest absolute Gasteiger partial charge is 0.245 e. The van der Waals surface area contributed by atoms with E-state index in [1.807, 2.05) is 18.2 Å². The van der Waals surface area contributed by atoms with E-state index < -0.39 is 0 Å². The van der Waals surface area contributed by atoms with Gasteiger partial charge in [0.2, 0.25) is 0 Å². The van der Waals surface area contributed by atoms with Gasteiger partial charge in [0.25, 0.3) is 0 Å². The van der Waals surface area contributed by atoms with E-state index in [9.17, 15) is 0 Å². The summed E-state index contributed by atoms with van der Waals surface area (Å²) in [6.07, 6.45) is 1.65. The van der Waals surface area contributed by atoms with Gasteiger partial charge in [-0.2, -0.15) is 5.26 Å². The van der Waals surface area contributed by atoms with Gasteiger partial charge in [0, 0.05) is 11.9 Å². The molecule has 0 saturated carbocycles. The minimum absolute atomic E-state index is 0.529. The molecule has 0 bridgehead atoms. The fourth-order valence-corrected chi connectivity index (χ4v) is 2.92. The summed E-state index contributed by atoms with van der Waals surface area (Å²) in [7, 11) is 0. The molecule has 15 heavy (non-hydrogen) atoms.